The molecule has 0 saturated heterocycles. The molecule has 12 heavy (non-hydrogen) atoms. The fourth-order valence-electron chi connectivity index (χ4n) is 1.47. The van der Waals surface area contributed by atoms with E-state index in [0.717, 1.165) is 25.1 Å². The van der Waals surface area contributed by atoms with Gasteiger partial charge in [0.25, 0.3) is 0 Å². The highest BCUT2D eigenvalue weighted by atomic mass is 14.9. The van der Waals surface area contributed by atoms with Crippen LogP contribution in [0.25, 0.3) is 6.08 Å². The molecular formula is C10H12N2. The number of nitrogens with zero attached hydrogens (tertiary/aromatic N) is 1. The Bertz CT molecular complexity index is 305. The quantitative estimate of drug-likeness (QED) is 0.671. The summed E-state index contributed by atoms with van der Waals surface area (Å²) in [6.45, 7) is 5.70. The lowest BCUT2D eigenvalue weighted by Gasteiger charge is -2.15. The van der Waals surface area contributed by atoms with Crippen LogP contribution in [0.15, 0.2) is 18.8 Å². The Hall–Kier alpha value is -1.15. The predicted octanol–water partition coefficient (Wildman–Crippen LogP) is 1.37. The fourth-order valence-corrected chi connectivity index (χ4v) is 1.47. The van der Waals surface area contributed by atoms with E-state index in [1.165, 1.54) is 11.3 Å². The number of fused-ring (bicyclic) bond motifs is 1. The first kappa shape index (κ1) is 7.50. The molecule has 1 aromatic heterocycles. The van der Waals surface area contributed by atoms with Crippen LogP contribution in [-0.2, 0) is 13.0 Å². The zero-order valence-corrected chi connectivity index (χ0v) is 7.01. The monoisotopic (exact) mass is 160 g/mol. The van der Waals surface area contributed by atoms with Gasteiger partial charge < -0.3 is 5.32 Å². The third-order valence-corrected chi connectivity index (χ3v) is 2.18. The molecule has 0 aromatic carbocycles. The number of hydrogen-bond acceptors (Lipinski definition) is 2. The second kappa shape index (κ2) is 3.07. The number of hydrogen-bond donors (Lipinski definition) is 1. The molecule has 2 heteroatoms. The molecule has 0 spiro atoms. The highest BCUT2D eigenvalue weighted by Crippen LogP contribution is 2.13. The van der Waals surface area contributed by atoms with Gasteiger partial charge in [0, 0.05) is 12.7 Å². The number of pyridine rings is 1. The van der Waals surface area contributed by atoms with Gasteiger partial charge in [0.15, 0.2) is 0 Å². The Morgan fingerprint density at radius 2 is 2.50 bits per heavy atom. The van der Waals surface area contributed by atoms with E-state index in [9.17, 15) is 0 Å². The third-order valence-electron chi connectivity index (χ3n) is 2.18. The molecule has 2 rings (SSSR count). The second-order valence-corrected chi connectivity index (χ2v) is 3.01. The van der Waals surface area contributed by atoms with Crippen LogP contribution in [0.1, 0.15) is 16.8 Å². The van der Waals surface area contributed by atoms with Crippen molar-refractivity contribution in [2.45, 2.75) is 13.0 Å². The molecule has 0 amide bonds. The van der Waals surface area contributed by atoms with Gasteiger partial charge in [-0.25, -0.2) is 0 Å². The fraction of sp³-hybridized carbons (Fsp3) is 0.300. The van der Waals surface area contributed by atoms with E-state index in [-0.39, 0.29) is 0 Å². The number of aromatic nitrogens is 1. The van der Waals surface area contributed by atoms with Crippen LogP contribution < -0.4 is 5.32 Å². The molecule has 2 heterocycles. The van der Waals surface area contributed by atoms with Crippen molar-refractivity contribution in [3.63, 3.8) is 0 Å². The van der Waals surface area contributed by atoms with Gasteiger partial charge in [0.2, 0.25) is 0 Å². The minimum atomic E-state index is 0.909. The van der Waals surface area contributed by atoms with Gasteiger partial charge in [0.05, 0.1) is 5.69 Å². The summed E-state index contributed by atoms with van der Waals surface area (Å²) in [5, 5.41) is 3.29. The van der Waals surface area contributed by atoms with Crippen molar-refractivity contribution < 1.29 is 0 Å². The lowest BCUT2D eigenvalue weighted by Crippen LogP contribution is -2.24. The van der Waals surface area contributed by atoms with Gasteiger partial charge in [-0.1, -0.05) is 12.7 Å². The molecule has 1 aromatic rings. The van der Waals surface area contributed by atoms with Crippen LogP contribution in [0, 0.1) is 0 Å². The van der Waals surface area contributed by atoms with Crippen molar-refractivity contribution in [3.05, 3.63) is 35.7 Å². The van der Waals surface area contributed by atoms with E-state index in [1.807, 2.05) is 12.3 Å². The molecule has 1 aliphatic rings. The van der Waals surface area contributed by atoms with E-state index < -0.39 is 0 Å². The zero-order chi connectivity index (χ0) is 8.39. The third kappa shape index (κ3) is 1.25. The van der Waals surface area contributed by atoms with E-state index in [1.54, 1.807) is 0 Å². The van der Waals surface area contributed by atoms with Crippen molar-refractivity contribution in [2.75, 3.05) is 6.54 Å². The Morgan fingerprint density at radius 3 is 3.33 bits per heavy atom. The van der Waals surface area contributed by atoms with Crippen LogP contribution in [0.5, 0.6) is 0 Å². The molecule has 2 nitrogen and oxygen atoms in total. The van der Waals surface area contributed by atoms with E-state index >= 15 is 0 Å². The predicted molar refractivity (Wildman–Crippen MR) is 49.7 cm³/mol. The Morgan fingerprint density at radius 1 is 1.58 bits per heavy atom. The number of nitrogens with one attached hydrogen (secondary N) is 1. The largest absolute Gasteiger partial charge is 0.311 e. The van der Waals surface area contributed by atoms with Crippen molar-refractivity contribution in [1.29, 1.82) is 0 Å². The van der Waals surface area contributed by atoms with E-state index in [0.29, 0.717) is 0 Å². The first-order valence-electron chi connectivity index (χ1n) is 4.21. The smallest absolute Gasteiger partial charge is 0.0574 e. The normalized spacial score (nSPS) is 15.3. The van der Waals surface area contributed by atoms with Gasteiger partial charge in [-0.15, -0.1) is 0 Å². The molecule has 0 unspecified atom stereocenters. The summed E-state index contributed by atoms with van der Waals surface area (Å²) in [6.07, 6.45) is 4.80. The Kier molecular flexibility index (Phi) is 1.92. The summed E-state index contributed by atoms with van der Waals surface area (Å²) in [6, 6.07) is 2.18. The first-order valence-corrected chi connectivity index (χ1v) is 4.21. The van der Waals surface area contributed by atoms with Crippen molar-refractivity contribution >= 4 is 6.08 Å². The Balaban J connectivity index is 2.42. The maximum atomic E-state index is 4.36. The topological polar surface area (TPSA) is 24.9 Å². The number of rotatable bonds is 1. The van der Waals surface area contributed by atoms with Crippen LogP contribution >= 0.6 is 0 Å². The Labute approximate surface area is 72.3 Å². The minimum Gasteiger partial charge on any atom is -0.311 e. The lowest BCUT2D eigenvalue weighted by molar-refractivity contribution is 0.627. The van der Waals surface area contributed by atoms with Crippen LogP contribution in [-0.4, -0.2) is 11.5 Å². The first-order chi connectivity index (χ1) is 5.90. The van der Waals surface area contributed by atoms with Crippen molar-refractivity contribution in [1.82, 2.24) is 10.3 Å². The van der Waals surface area contributed by atoms with Gasteiger partial charge in [0.1, 0.15) is 0 Å². The summed E-state index contributed by atoms with van der Waals surface area (Å²) >= 11 is 0. The molecule has 1 aliphatic heterocycles. The molecule has 62 valence electrons. The van der Waals surface area contributed by atoms with Gasteiger partial charge in [-0.2, -0.15) is 0 Å². The molecule has 0 saturated carbocycles. The summed E-state index contributed by atoms with van der Waals surface area (Å²) in [5.41, 5.74) is 3.67. The van der Waals surface area contributed by atoms with Gasteiger partial charge in [-0.05, 0) is 30.2 Å². The molecule has 0 aliphatic carbocycles. The molecule has 0 radical (unpaired) electrons. The van der Waals surface area contributed by atoms with E-state index in [4.69, 9.17) is 0 Å². The summed E-state index contributed by atoms with van der Waals surface area (Å²) < 4.78 is 0. The molecule has 0 fully saturated rings. The average molecular weight is 160 g/mol. The van der Waals surface area contributed by atoms with Crippen molar-refractivity contribution in [2.24, 2.45) is 0 Å². The maximum Gasteiger partial charge on any atom is 0.0574 e. The zero-order valence-electron chi connectivity index (χ0n) is 7.01. The summed E-state index contributed by atoms with van der Waals surface area (Å²) in [4.78, 5) is 4.36. The summed E-state index contributed by atoms with van der Waals surface area (Å²) in [7, 11) is 0. The standard InChI is InChI=1S/C10H12N2/c1-2-8-5-9-3-4-11-7-10(9)12-6-8/h2,5-6,11H,1,3-4,7H2. The maximum absolute atomic E-state index is 4.36. The molecule has 1 N–H and O–H groups in total. The van der Waals surface area contributed by atoms with Crippen LogP contribution in [0.3, 0.4) is 0 Å². The van der Waals surface area contributed by atoms with Crippen LogP contribution in [0.4, 0.5) is 0 Å². The molecule has 0 atom stereocenters. The molecular weight excluding hydrogens is 148 g/mol. The van der Waals surface area contributed by atoms with Crippen LogP contribution in [0.2, 0.25) is 0 Å². The minimum absolute atomic E-state index is 0.909. The lowest BCUT2D eigenvalue weighted by atomic mass is 10.0. The SMILES string of the molecule is C=Cc1cnc2c(c1)CCNC2. The highest BCUT2D eigenvalue weighted by molar-refractivity contribution is 5.47. The van der Waals surface area contributed by atoms with Gasteiger partial charge in [-0.3, -0.25) is 4.98 Å². The average Bonchev–Trinajstić information content (AvgIpc) is 2.17. The highest BCUT2D eigenvalue weighted by Gasteiger charge is 2.08. The molecule has 0 bridgehead atoms. The summed E-state index contributed by atoms with van der Waals surface area (Å²) in [5.74, 6) is 0. The van der Waals surface area contributed by atoms with Gasteiger partial charge >= 0.3 is 0 Å². The second-order valence-electron chi connectivity index (χ2n) is 3.01. The van der Waals surface area contributed by atoms with Crippen molar-refractivity contribution in [3.8, 4) is 0 Å². The van der Waals surface area contributed by atoms with E-state index in [2.05, 4.69) is 22.9 Å².